The normalized spacial score (nSPS) is 14.4. The summed E-state index contributed by atoms with van der Waals surface area (Å²) in [6.45, 7) is 3.27. The molecule has 2 aromatic rings. The zero-order valence-electron chi connectivity index (χ0n) is 23.0. The van der Waals surface area contributed by atoms with Gasteiger partial charge in [-0.1, -0.05) is 44.2 Å². The third-order valence-corrected chi connectivity index (χ3v) is 6.67. The highest BCUT2D eigenvalue weighted by Gasteiger charge is 2.45. The Hall–Kier alpha value is -2.54. The highest BCUT2D eigenvalue weighted by Crippen LogP contribution is 2.37. The van der Waals surface area contributed by atoms with Gasteiger partial charge in [-0.3, -0.25) is 14.5 Å². The van der Waals surface area contributed by atoms with E-state index in [0.717, 1.165) is 16.5 Å². The van der Waals surface area contributed by atoms with Crippen LogP contribution in [0.3, 0.4) is 0 Å². The van der Waals surface area contributed by atoms with E-state index in [0.29, 0.717) is 17.0 Å². The van der Waals surface area contributed by atoms with Crippen molar-refractivity contribution in [2.24, 2.45) is 0 Å². The minimum Gasteiger partial charge on any atom is -0.336 e. The monoisotopic (exact) mass is 630 g/mol. The predicted octanol–water partition coefficient (Wildman–Crippen LogP) is 5.42. The molecule has 2 amide bonds. The molecule has 1 aliphatic heterocycles. The SMILES string of the molecule is CN(C)CCN(Cc1ccccc1C(F)(F)F)C(=O)CN(C(=O)C(F)(F)F)c1cccc2c1CNCC2(C)C.Cl.Cl. The van der Waals surface area contributed by atoms with Gasteiger partial charge in [0.25, 0.3) is 0 Å². The van der Waals surface area contributed by atoms with Crippen LogP contribution in [0.1, 0.15) is 36.1 Å². The fourth-order valence-corrected chi connectivity index (χ4v) is 4.65. The number of anilines is 1. The first kappa shape index (κ1) is 36.5. The average Bonchev–Trinajstić information content (AvgIpc) is 2.83. The Bertz CT molecular complexity index is 1210. The Morgan fingerprint density at radius 3 is 2.15 bits per heavy atom. The summed E-state index contributed by atoms with van der Waals surface area (Å²) in [7, 11) is 3.38. The minimum atomic E-state index is -5.28. The first-order valence-electron chi connectivity index (χ1n) is 12.3. The third-order valence-electron chi connectivity index (χ3n) is 6.67. The van der Waals surface area contributed by atoms with E-state index in [1.165, 1.54) is 30.3 Å². The molecule has 14 heteroatoms. The van der Waals surface area contributed by atoms with Crippen LogP contribution in [0.15, 0.2) is 42.5 Å². The first-order valence-corrected chi connectivity index (χ1v) is 12.3. The molecule has 0 unspecified atom stereocenters. The Balaban J connectivity index is 0.00000420. The zero-order chi connectivity index (χ0) is 29.2. The highest BCUT2D eigenvalue weighted by molar-refractivity contribution is 6.02. The van der Waals surface area contributed by atoms with Gasteiger partial charge in [0.1, 0.15) is 6.54 Å². The number of nitrogens with one attached hydrogen (secondary N) is 1. The van der Waals surface area contributed by atoms with Crippen molar-refractivity contribution in [1.82, 2.24) is 15.1 Å². The van der Waals surface area contributed by atoms with Crippen molar-refractivity contribution < 1.29 is 35.9 Å². The second-order valence-electron chi connectivity index (χ2n) is 10.5. The molecule has 1 heterocycles. The third kappa shape index (κ3) is 8.97. The lowest BCUT2D eigenvalue weighted by atomic mass is 9.78. The summed E-state index contributed by atoms with van der Waals surface area (Å²) in [5.41, 5.74) is -0.447. The molecule has 1 N–H and O–H groups in total. The number of benzene rings is 2. The summed E-state index contributed by atoms with van der Waals surface area (Å²) < 4.78 is 82.1. The van der Waals surface area contributed by atoms with Crippen molar-refractivity contribution in [2.45, 2.75) is 44.7 Å². The van der Waals surface area contributed by atoms with Gasteiger partial charge in [-0.2, -0.15) is 26.3 Å². The maximum absolute atomic E-state index is 13.7. The molecule has 0 fully saturated rings. The van der Waals surface area contributed by atoms with Gasteiger partial charge in [0.15, 0.2) is 0 Å². The van der Waals surface area contributed by atoms with Crippen LogP contribution in [0.25, 0.3) is 0 Å². The largest absolute Gasteiger partial charge is 0.471 e. The van der Waals surface area contributed by atoms with Gasteiger partial charge in [0, 0.05) is 43.8 Å². The summed E-state index contributed by atoms with van der Waals surface area (Å²) in [5, 5.41) is 3.14. The number of rotatable bonds is 8. The molecule has 0 saturated heterocycles. The molecule has 3 rings (SSSR count). The number of halogens is 8. The molecule has 230 valence electrons. The van der Waals surface area contributed by atoms with E-state index >= 15 is 0 Å². The number of likely N-dealkylation sites (N-methyl/N-ethyl adjacent to an activating group) is 1. The van der Waals surface area contributed by atoms with Crippen LogP contribution in [-0.2, 0) is 34.3 Å². The molecule has 6 nitrogen and oxygen atoms in total. The first-order chi connectivity index (χ1) is 18.0. The molecule has 0 saturated carbocycles. The number of hydrogen-bond donors (Lipinski definition) is 1. The standard InChI is InChI=1S/C27H32F6N4O2.2ClH/c1-25(2)17-34-14-19-21(25)10-7-11-22(19)37(24(39)27(31,32)33)16-23(38)36(13-12-35(3)4)15-18-8-5-6-9-20(18)26(28,29)30;;/h5-11,34H,12-17H2,1-4H3;2*1H. The van der Waals surface area contributed by atoms with Crippen LogP contribution in [0, 0.1) is 0 Å². The molecule has 0 aliphatic carbocycles. The van der Waals surface area contributed by atoms with Gasteiger partial charge in [-0.05, 0) is 42.9 Å². The topological polar surface area (TPSA) is 55.9 Å². The molecular weight excluding hydrogens is 597 g/mol. The number of nitrogens with zero attached hydrogens (tertiary/aromatic N) is 3. The average molecular weight is 631 g/mol. The van der Waals surface area contributed by atoms with Crippen molar-refractivity contribution in [3.05, 3.63) is 64.7 Å². The van der Waals surface area contributed by atoms with Crippen LogP contribution in [0.5, 0.6) is 0 Å². The van der Waals surface area contributed by atoms with Gasteiger partial charge in [0.05, 0.1) is 5.56 Å². The van der Waals surface area contributed by atoms with E-state index in [1.807, 2.05) is 13.8 Å². The Morgan fingerprint density at radius 2 is 1.56 bits per heavy atom. The van der Waals surface area contributed by atoms with Crippen LogP contribution in [0.2, 0.25) is 0 Å². The highest BCUT2D eigenvalue weighted by atomic mass is 35.5. The second-order valence-corrected chi connectivity index (χ2v) is 10.5. The van der Waals surface area contributed by atoms with E-state index in [-0.39, 0.29) is 55.7 Å². The van der Waals surface area contributed by atoms with E-state index in [4.69, 9.17) is 0 Å². The fourth-order valence-electron chi connectivity index (χ4n) is 4.65. The van der Waals surface area contributed by atoms with Gasteiger partial charge in [-0.15, -0.1) is 24.8 Å². The van der Waals surface area contributed by atoms with Gasteiger partial charge < -0.3 is 15.1 Å². The lowest BCUT2D eigenvalue weighted by Crippen LogP contribution is -2.49. The molecule has 1 aliphatic rings. The number of amides is 2. The van der Waals surface area contributed by atoms with E-state index in [2.05, 4.69) is 5.32 Å². The summed E-state index contributed by atoms with van der Waals surface area (Å²) in [6.07, 6.45) is -9.97. The predicted molar refractivity (Wildman–Crippen MR) is 149 cm³/mol. The van der Waals surface area contributed by atoms with Crippen LogP contribution >= 0.6 is 24.8 Å². The molecule has 41 heavy (non-hydrogen) atoms. The molecular formula is C27H34Cl2F6N4O2. The van der Waals surface area contributed by atoms with Crippen LogP contribution < -0.4 is 10.2 Å². The number of alkyl halides is 6. The lowest BCUT2D eigenvalue weighted by molar-refractivity contribution is -0.170. The van der Waals surface area contributed by atoms with Crippen molar-refractivity contribution in [3.8, 4) is 0 Å². The zero-order valence-corrected chi connectivity index (χ0v) is 24.7. The minimum absolute atomic E-state index is 0. The van der Waals surface area contributed by atoms with Gasteiger partial charge in [0.2, 0.25) is 5.91 Å². The fraction of sp³-hybridized carbons (Fsp3) is 0.481. The molecule has 0 atom stereocenters. The number of carbonyl (C=O) groups excluding carboxylic acids is 2. The molecule has 0 spiro atoms. The quantitative estimate of drug-likeness (QED) is 0.396. The smallest absolute Gasteiger partial charge is 0.336 e. The number of carbonyl (C=O) groups is 2. The summed E-state index contributed by atoms with van der Waals surface area (Å²) in [6, 6.07) is 9.37. The van der Waals surface area contributed by atoms with Crippen molar-refractivity contribution in [3.63, 3.8) is 0 Å². The van der Waals surface area contributed by atoms with Gasteiger partial charge in [-0.25, -0.2) is 0 Å². The Labute approximate surface area is 247 Å². The van der Waals surface area contributed by atoms with Crippen LogP contribution in [0.4, 0.5) is 32.0 Å². The summed E-state index contributed by atoms with van der Waals surface area (Å²) >= 11 is 0. The maximum atomic E-state index is 13.7. The number of hydrogen-bond acceptors (Lipinski definition) is 4. The molecule has 0 bridgehead atoms. The Morgan fingerprint density at radius 1 is 0.927 bits per heavy atom. The Kier molecular flexibility index (Phi) is 12.5. The van der Waals surface area contributed by atoms with E-state index < -0.39 is 48.2 Å². The van der Waals surface area contributed by atoms with Crippen molar-refractivity contribution in [2.75, 3.05) is 45.2 Å². The molecule has 2 aromatic carbocycles. The molecule has 0 aromatic heterocycles. The van der Waals surface area contributed by atoms with E-state index in [9.17, 15) is 35.9 Å². The molecule has 0 radical (unpaired) electrons. The maximum Gasteiger partial charge on any atom is 0.471 e. The van der Waals surface area contributed by atoms with Crippen molar-refractivity contribution in [1.29, 1.82) is 0 Å². The van der Waals surface area contributed by atoms with E-state index in [1.54, 1.807) is 25.1 Å². The summed E-state index contributed by atoms with van der Waals surface area (Å²) in [5.74, 6) is -3.14. The van der Waals surface area contributed by atoms with Crippen molar-refractivity contribution >= 4 is 42.3 Å². The summed E-state index contributed by atoms with van der Waals surface area (Å²) in [4.78, 5) is 29.3. The second kappa shape index (κ2) is 14.1. The van der Waals surface area contributed by atoms with Gasteiger partial charge >= 0.3 is 18.3 Å². The van der Waals surface area contributed by atoms with Crippen LogP contribution in [-0.4, -0.2) is 68.1 Å². The number of fused-ring (bicyclic) bond motifs is 1. The lowest BCUT2D eigenvalue weighted by Gasteiger charge is -2.37.